The minimum atomic E-state index is -0.484. The summed E-state index contributed by atoms with van der Waals surface area (Å²) in [6.07, 6.45) is 0.261. The van der Waals surface area contributed by atoms with Gasteiger partial charge >= 0.3 is 0 Å². The van der Waals surface area contributed by atoms with E-state index in [0.717, 1.165) is 5.56 Å². The van der Waals surface area contributed by atoms with Crippen LogP contribution >= 0.6 is 15.9 Å². The van der Waals surface area contributed by atoms with Crippen LogP contribution in [-0.4, -0.2) is 5.78 Å². The number of ketones is 1. The van der Waals surface area contributed by atoms with Gasteiger partial charge in [0.2, 0.25) is 0 Å². The Hall–Kier alpha value is -1.68. The summed E-state index contributed by atoms with van der Waals surface area (Å²) in [4.78, 5) is 12.2. The van der Waals surface area contributed by atoms with Crippen LogP contribution in [0.2, 0.25) is 0 Å². The van der Waals surface area contributed by atoms with Crippen LogP contribution in [0.25, 0.3) is 0 Å². The number of Topliss-reactive ketones (excluding diaryl/α,β-unsaturated/α-hetero) is 1. The molecular weight excluding hydrogens is 321 g/mol. The highest BCUT2D eigenvalue weighted by atomic mass is 79.9. The van der Waals surface area contributed by atoms with Crippen LogP contribution in [-0.2, 0) is 0 Å². The molecule has 4 heteroatoms. The normalized spacial score (nSPS) is 12.2. The molecular formula is C16H15BrFNO. The second-order valence-electron chi connectivity index (χ2n) is 4.82. The Balaban J connectivity index is 2.15. The maximum absolute atomic E-state index is 13.7. The first-order valence-electron chi connectivity index (χ1n) is 6.31. The summed E-state index contributed by atoms with van der Waals surface area (Å²) in [5.41, 5.74) is 7.46. The molecule has 0 spiro atoms. The van der Waals surface area contributed by atoms with E-state index in [1.54, 1.807) is 18.2 Å². The predicted molar refractivity (Wildman–Crippen MR) is 82.3 cm³/mol. The zero-order valence-electron chi connectivity index (χ0n) is 11.1. The molecule has 0 heterocycles. The SMILES string of the molecule is CC(CC(=O)c1cc(Br)ccc1F)c1ccc(N)cc1. The number of halogens is 2. The molecule has 0 aliphatic carbocycles. The van der Waals surface area contributed by atoms with Crippen molar-refractivity contribution in [3.8, 4) is 0 Å². The molecule has 0 bridgehead atoms. The zero-order valence-corrected chi connectivity index (χ0v) is 12.7. The lowest BCUT2D eigenvalue weighted by atomic mass is 9.93. The first-order valence-corrected chi connectivity index (χ1v) is 7.10. The molecule has 2 rings (SSSR count). The number of hydrogen-bond donors (Lipinski definition) is 1. The van der Waals surface area contributed by atoms with Gasteiger partial charge in [0.25, 0.3) is 0 Å². The second kappa shape index (κ2) is 6.18. The highest BCUT2D eigenvalue weighted by molar-refractivity contribution is 9.10. The average molecular weight is 336 g/mol. The third kappa shape index (κ3) is 3.45. The average Bonchev–Trinajstić information content (AvgIpc) is 2.42. The topological polar surface area (TPSA) is 43.1 Å². The van der Waals surface area contributed by atoms with E-state index >= 15 is 0 Å². The van der Waals surface area contributed by atoms with Gasteiger partial charge in [-0.15, -0.1) is 0 Å². The fourth-order valence-corrected chi connectivity index (χ4v) is 2.40. The molecule has 0 radical (unpaired) electrons. The van der Waals surface area contributed by atoms with E-state index in [-0.39, 0.29) is 23.7 Å². The number of rotatable bonds is 4. The lowest BCUT2D eigenvalue weighted by molar-refractivity contribution is 0.0971. The molecule has 0 fully saturated rings. The van der Waals surface area contributed by atoms with Crippen molar-refractivity contribution < 1.29 is 9.18 Å². The maximum Gasteiger partial charge on any atom is 0.166 e. The maximum atomic E-state index is 13.7. The molecule has 2 aromatic carbocycles. The van der Waals surface area contributed by atoms with Gasteiger partial charge in [0.1, 0.15) is 5.82 Å². The standard InChI is InChI=1S/C16H15BrFNO/c1-10(11-2-5-13(19)6-3-11)8-16(20)14-9-12(17)4-7-15(14)18/h2-7,9-10H,8,19H2,1H3. The summed E-state index contributed by atoms with van der Waals surface area (Å²) < 4.78 is 14.4. The molecule has 0 saturated carbocycles. The van der Waals surface area contributed by atoms with Crippen molar-refractivity contribution in [2.45, 2.75) is 19.3 Å². The number of hydrogen-bond acceptors (Lipinski definition) is 2. The minimum Gasteiger partial charge on any atom is -0.399 e. The fourth-order valence-electron chi connectivity index (χ4n) is 2.04. The minimum absolute atomic E-state index is 0.0153. The molecule has 2 nitrogen and oxygen atoms in total. The third-order valence-corrected chi connectivity index (χ3v) is 3.72. The van der Waals surface area contributed by atoms with Crippen molar-refractivity contribution in [2.75, 3.05) is 5.73 Å². The van der Waals surface area contributed by atoms with E-state index in [2.05, 4.69) is 15.9 Å². The van der Waals surface area contributed by atoms with E-state index in [1.165, 1.54) is 12.1 Å². The molecule has 20 heavy (non-hydrogen) atoms. The Morgan fingerprint density at radius 2 is 1.90 bits per heavy atom. The number of anilines is 1. The van der Waals surface area contributed by atoms with E-state index in [1.807, 2.05) is 19.1 Å². The molecule has 2 aromatic rings. The van der Waals surface area contributed by atoms with Crippen molar-refractivity contribution in [3.63, 3.8) is 0 Å². The highest BCUT2D eigenvalue weighted by Crippen LogP contribution is 2.24. The summed E-state index contributed by atoms with van der Waals surface area (Å²) in [5.74, 6) is -0.669. The summed E-state index contributed by atoms with van der Waals surface area (Å²) in [7, 11) is 0. The van der Waals surface area contributed by atoms with Gasteiger partial charge in [0.05, 0.1) is 5.56 Å². The highest BCUT2D eigenvalue weighted by Gasteiger charge is 2.16. The number of carbonyl (C=O) groups excluding carboxylic acids is 1. The Morgan fingerprint density at radius 3 is 2.55 bits per heavy atom. The van der Waals surface area contributed by atoms with Gasteiger partial charge in [0.15, 0.2) is 5.78 Å². The summed E-state index contributed by atoms with van der Waals surface area (Å²) >= 11 is 3.25. The van der Waals surface area contributed by atoms with Gasteiger partial charge < -0.3 is 5.73 Å². The fraction of sp³-hybridized carbons (Fsp3) is 0.188. The Kier molecular flexibility index (Phi) is 4.55. The van der Waals surface area contributed by atoms with Crippen LogP contribution in [0.5, 0.6) is 0 Å². The summed E-state index contributed by atoms with van der Waals surface area (Å²) in [6, 6.07) is 11.8. The van der Waals surface area contributed by atoms with E-state index in [9.17, 15) is 9.18 Å². The van der Waals surface area contributed by atoms with Crippen molar-refractivity contribution >= 4 is 27.4 Å². The number of carbonyl (C=O) groups is 1. The largest absolute Gasteiger partial charge is 0.399 e. The van der Waals surface area contributed by atoms with Gasteiger partial charge in [-0.2, -0.15) is 0 Å². The Morgan fingerprint density at radius 1 is 1.25 bits per heavy atom. The second-order valence-corrected chi connectivity index (χ2v) is 5.73. The zero-order chi connectivity index (χ0) is 14.7. The van der Waals surface area contributed by atoms with Crippen LogP contribution in [0.1, 0.15) is 35.2 Å². The molecule has 0 saturated heterocycles. The molecule has 0 aliphatic rings. The van der Waals surface area contributed by atoms with Crippen LogP contribution < -0.4 is 5.73 Å². The molecule has 0 amide bonds. The van der Waals surface area contributed by atoms with Crippen LogP contribution in [0.4, 0.5) is 10.1 Å². The molecule has 1 atom stereocenters. The van der Waals surface area contributed by atoms with Crippen molar-refractivity contribution in [2.24, 2.45) is 0 Å². The van der Waals surface area contributed by atoms with E-state index < -0.39 is 5.82 Å². The van der Waals surface area contributed by atoms with Crippen LogP contribution in [0.3, 0.4) is 0 Å². The van der Waals surface area contributed by atoms with Gasteiger partial charge in [-0.05, 0) is 41.8 Å². The summed E-state index contributed by atoms with van der Waals surface area (Å²) in [5, 5.41) is 0. The predicted octanol–water partition coefficient (Wildman–Crippen LogP) is 4.55. The number of benzene rings is 2. The van der Waals surface area contributed by atoms with E-state index in [0.29, 0.717) is 10.2 Å². The molecule has 2 N–H and O–H groups in total. The van der Waals surface area contributed by atoms with Gasteiger partial charge in [-0.3, -0.25) is 4.79 Å². The van der Waals surface area contributed by atoms with Gasteiger partial charge in [-0.1, -0.05) is 35.0 Å². The lowest BCUT2D eigenvalue weighted by Gasteiger charge is -2.12. The quantitative estimate of drug-likeness (QED) is 0.658. The molecule has 0 aliphatic heterocycles. The van der Waals surface area contributed by atoms with Crippen molar-refractivity contribution in [3.05, 3.63) is 63.9 Å². The van der Waals surface area contributed by atoms with Gasteiger partial charge in [-0.25, -0.2) is 4.39 Å². The third-order valence-electron chi connectivity index (χ3n) is 3.23. The first kappa shape index (κ1) is 14.7. The van der Waals surface area contributed by atoms with Crippen molar-refractivity contribution in [1.29, 1.82) is 0 Å². The van der Waals surface area contributed by atoms with E-state index in [4.69, 9.17) is 5.73 Å². The van der Waals surface area contributed by atoms with Crippen LogP contribution in [0.15, 0.2) is 46.9 Å². The van der Waals surface area contributed by atoms with Crippen molar-refractivity contribution in [1.82, 2.24) is 0 Å². The Bertz CT molecular complexity index is 625. The first-order chi connectivity index (χ1) is 9.47. The molecule has 1 unspecified atom stereocenters. The smallest absolute Gasteiger partial charge is 0.166 e. The van der Waals surface area contributed by atoms with Gasteiger partial charge in [0, 0.05) is 16.6 Å². The Labute approximate surface area is 125 Å². The lowest BCUT2D eigenvalue weighted by Crippen LogP contribution is -2.07. The molecule has 0 aromatic heterocycles. The monoisotopic (exact) mass is 335 g/mol. The number of nitrogens with two attached hydrogens (primary N) is 1. The summed E-state index contributed by atoms with van der Waals surface area (Å²) in [6.45, 7) is 1.94. The molecule has 104 valence electrons. The number of nitrogen functional groups attached to an aromatic ring is 1. The van der Waals surface area contributed by atoms with Crippen LogP contribution in [0, 0.1) is 5.82 Å².